The molecule has 0 bridgehead atoms. The number of benzene rings is 21. The first-order valence-electron chi connectivity index (χ1n) is 45.8. The van der Waals surface area contributed by atoms with E-state index < -0.39 is 0 Å². The van der Waals surface area contributed by atoms with Crippen molar-refractivity contribution in [3.8, 4) is 78.6 Å². The highest BCUT2D eigenvalue weighted by molar-refractivity contribution is 6.18. The Balaban J connectivity index is 0.000000102. The molecule has 8 nitrogen and oxygen atoms in total. The van der Waals surface area contributed by atoms with Gasteiger partial charge in [0.25, 0.3) is 0 Å². The van der Waals surface area contributed by atoms with E-state index in [1.165, 1.54) is 198 Å². The van der Waals surface area contributed by atoms with E-state index >= 15 is 0 Å². The maximum atomic E-state index is 6.27. The molecular weight excluding hydrogens is 1630 g/mol. The van der Waals surface area contributed by atoms with Gasteiger partial charge < -0.3 is 36.2 Å². The summed E-state index contributed by atoms with van der Waals surface area (Å²) < 4.78 is 26.6. The van der Waals surface area contributed by atoms with E-state index in [1.54, 1.807) is 0 Å². The van der Waals surface area contributed by atoms with Gasteiger partial charge in [-0.15, -0.1) is 0 Å². The summed E-state index contributed by atoms with van der Waals surface area (Å²) in [7, 11) is 0. The first-order valence-corrected chi connectivity index (χ1v) is 45.8. The second kappa shape index (κ2) is 30.9. The maximum absolute atomic E-state index is 6.27. The van der Waals surface area contributed by atoms with Gasteiger partial charge in [0.1, 0.15) is 22.3 Å². The van der Waals surface area contributed by atoms with E-state index in [0.29, 0.717) is 0 Å². The summed E-state index contributed by atoms with van der Waals surface area (Å²) in [6.45, 7) is 0. The highest BCUT2D eigenvalue weighted by Crippen LogP contribution is 2.46. The summed E-state index contributed by atoms with van der Waals surface area (Å²) in [5.74, 6) is 0. The molecule has 0 saturated heterocycles. The lowest BCUT2D eigenvalue weighted by molar-refractivity contribution is 0.668. The molecule has 0 saturated carbocycles. The molecule has 29 aromatic rings. The van der Waals surface area contributed by atoms with Crippen molar-refractivity contribution >= 4 is 175 Å². The fourth-order valence-corrected chi connectivity index (χ4v) is 21.5. The van der Waals surface area contributed by atoms with Crippen molar-refractivity contribution in [2.45, 2.75) is 0 Å². The third-order valence-electron chi connectivity index (χ3n) is 27.6. The Bertz CT molecular complexity index is 9580. The maximum Gasteiger partial charge on any atom is 0.137 e. The third-order valence-corrected chi connectivity index (χ3v) is 27.6. The molecule has 8 aromatic heterocycles. The summed E-state index contributed by atoms with van der Waals surface area (Å²) >= 11 is 0. The molecule has 0 fully saturated rings. The van der Waals surface area contributed by atoms with Gasteiger partial charge in [-0.1, -0.05) is 279 Å². The van der Waals surface area contributed by atoms with Crippen LogP contribution in [0.3, 0.4) is 0 Å². The lowest BCUT2D eigenvalue weighted by atomic mass is 9.98. The topological polar surface area (TPSA) is 55.9 Å². The van der Waals surface area contributed by atoms with E-state index in [1.807, 2.05) is 24.3 Å². The van der Waals surface area contributed by atoms with Crippen molar-refractivity contribution in [2.24, 2.45) is 0 Å². The summed E-state index contributed by atoms with van der Waals surface area (Å²) in [4.78, 5) is 0. The average molecular weight is 1710 g/mol. The van der Waals surface area contributed by atoms with Crippen LogP contribution in [-0.4, -0.2) is 27.4 Å². The molecular formula is C126H80N6O2. The molecule has 626 valence electrons. The summed E-state index contributed by atoms with van der Waals surface area (Å²) in [6, 6.07) is 175. The Morgan fingerprint density at radius 1 is 0.104 bits per heavy atom. The summed E-state index contributed by atoms with van der Waals surface area (Å²) in [6.07, 6.45) is 0. The zero-order valence-corrected chi connectivity index (χ0v) is 72.7. The second-order valence-corrected chi connectivity index (χ2v) is 35.0. The Morgan fingerprint density at radius 2 is 0.306 bits per heavy atom. The third kappa shape index (κ3) is 12.3. The van der Waals surface area contributed by atoms with Crippen molar-refractivity contribution in [1.82, 2.24) is 27.4 Å². The van der Waals surface area contributed by atoms with Gasteiger partial charge in [-0.05, 0) is 245 Å². The summed E-state index contributed by atoms with van der Waals surface area (Å²) in [5, 5.41) is 19.6. The van der Waals surface area contributed by atoms with Crippen LogP contribution in [0.1, 0.15) is 0 Å². The van der Waals surface area contributed by atoms with Gasteiger partial charge in [0.15, 0.2) is 0 Å². The van der Waals surface area contributed by atoms with Crippen molar-refractivity contribution in [1.29, 1.82) is 0 Å². The predicted octanol–water partition coefficient (Wildman–Crippen LogP) is 34.1. The zero-order valence-electron chi connectivity index (χ0n) is 72.7. The summed E-state index contributed by atoms with van der Waals surface area (Å²) in [5.41, 5.74) is 34.8. The standard InChI is InChI=1S/2C42H26N2O.C42H28N2/c1-2-10-29(11-3-1)43-37-15-7-4-12-31(37)35-24-27(18-22-39(35)43)28-19-23-40-36(25-28)32-13-5-8-16-38(32)44(40)30-20-21-34-33-14-6-9-17-41(33)45-42(34)26-30;1-2-10-29(11-3-1)43-37-15-7-4-12-31(37)34-24-27(18-21-39(34)43)28-19-22-40-35(25-28)32-13-5-8-16-38(32)44(40)30-20-23-42-36(26-30)33-14-6-9-17-41(33)45-42;1-3-11-33(12-4-1)43-39-17-9-7-15-35(39)37-27-31(23-25-41(37)43)29-19-21-30(22-20-29)32-24-26-42-38(28-32)36-16-8-10-18-40(36)44(42)34-13-5-2-6-14-34/h2*1-26H;1-28H. The lowest BCUT2D eigenvalue weighted by Gasteiger charge is -2.09. The van der Waals surface area contributed by atoms with Crippen LogP contribution in [-0.2, 0) is 0 Å². The van der Waals surface area contributed by atoms with Crippen LogP contribution in [0.2, 0.25) is 0 Å². The molecule has 0 N–H and O–H groups in total. The van der Waals surface area contributed by atoms with Crippen molar-refractivity contribution in [3.05, 3.63) is 485 Å². The van der Waals surface area contributed by atoms with Crippen LogP contribution in [0.4, 0.5) is 0 Å². The minimum Gasteiger partial charge on any atom is -0.456 e. The minimum absolute atomic E-state index is 0.902. The van der Waals surface area contributed by atoms with Gasteiger partial charge in [-0.3, -0.25) is 0 Å². The van der Waals surface area contributed by atoms with Crippen LogP contribution < -0.4 is 0 Å². The monoisotopic (exact) mass is 1710 g/mol. The molecule has 8 heterocycles. The fraction of sp³-hybridized carbons (Fsp3) is 0. The highest BCUT2D eigenvalue weighted by Gasteiger charge is 2.23. The number of rotatable bonds is 10. The number of hydrogen-bond acceptors (Lipinski definition) is 2. The van der Waals surface area contributed by atoms with Crippen LogP contribution in [0.25, 0.3) is 253 Å². The van der Waals surface area contributed by atoms with Gasteiger partial charge >= 0.3 is 0 Å². The van der Waals surface area contributed by atoms with Crippen molar-refractivity contribution < 1.29 is 8.83 Å². The first kappa shape index (κ1) is 76.1. The van der Waals surface area contributed by atoms with E-state index in [4.69, 9.17) is 8.83 Å². The van der Waals surface area contributed by atoms with Crippen LogP contribution in [0, 0.1) is 0 Å². The molecule has 0 unspecified atom stereocenters. The van der Waals surface area contributed by atoms with E-state index in [2.05, 4.69) is 488 Å². The van der Waals surface area contributed by atoms with Crippen LogP contribution in [0.5, 0.6) is 0 Å². The Labute approximate surface area is 769 Å². The van der Waals surface area contributed by atoms with Gasteiger partial charge in [0.2, 0.25) is 0 Å². The second-order valence-electron chi connectivity index (χ2n) is 35.0. The number of fused-ring (bicyclic) bond motifs is 24. The smallest absolute Gasteiger partial charge is 0.137 e. The highest BCUT2D eigenvalue weighted by atomic mass is 16.3. The number of furan rings is 2. The van der Waals surface area contributed by atoms with Crippen LogP contribution >= 0.6 is 0 Å². The molecule has 0 aliphatic carbocycles. The number of hydrogen-bond donors (Lipinski definition) is 0. The van der Waals surface area contributed by atoms with E-state index in [-0.39, 0.29) is 0 Å². The minimum atomic E-state index is 0.902. The predicted molar refractivity (Wildman–Crippen MR) is 562 cm³/mol. The zero-order chi connectivity index (χ0) is 88.0. The van der Waals surface area contributed by atoms with Gasteiger partial charge in [-0.2, -0.15) is 0 Å². The van der Waals surface area contributed by atoms with Gasteiger partial charge in [0.05, 0.1) is 66.2 Å². The molecule has 0 aliphatic heterocycles. The fourth-order valence-electron chi connectivity index (χ4n) is 21.5. The van der Waals surface area contributed by atoms with Gasteiger partial charge in [0, 0.05) is 126 Å². The van der Waals surface area contributed by atoms with E-state index in [9.17, 15) is 0 Å². The quantitative estimate of drug-likeness (QED) is 0.137. The largest absolute Gasteiger partial charge is 0.456 e. The molecule has 8 heteroatoms. The first-order chi connectivity index (χ1) is 66.5. The number of nitrogens with zero attached hydrogens (tertiary/aromatic N) is 6. The van der Waals surface area contributed by atoms with Gasteiger partial charge in [-0.25, -0.2) is 0 Å². The van der Waals surface area contributed by atoms with Crippen LogP contribution in [0.15, 0.2) is 494 Å². The lowest BCUT2D eigenvalue weighted by Crippen LogP contribution is -1.93. The molecule has 134 heavy (non-hydrogen) atoms. The van der Waals surface area contributed by atoms with Crippen molar-refractivity contribution in [3.63, 3.8) is 0 Å². The molecule has 21 aromatic carbocycles. The normalized spacial score (nSPS) is 11.9. The molecule has 0 aliphatic rings. The number of aromatic nitrogens is 6. The molecule has 0 radical (unpaired) electrons. The molecule has 0 atom stereocenters. The SMILES string of the molecule is c1ccc(-n2c3ccccc3c3cc(-c4ccc(-c5ccc6c(c5)c5ccccc5n6-c5ccccc5)cc4)ccc32)cc1.c1ccc(-n2c3ccccc3c3cc(-c4ccc5c(c4)c4ccccc4n5-c4ccc5c(c4)oc4ccccc45)ccc32)cc1.c1ccc(-n2c3ccccc3c3cc(-c4ccc5c(c4)c4ccccc4n5-c4ccc5oc6ccccc6c5c4)ccc32)cc1. The Morgan fingerprint density at radius 3 is 0.612 bits per heavy atom. The molecule has 0 spiro atoms. The number of para-hydroxylation sites is 12. The Hall–Kier alpha value is -18.0. The molecule has 29 rings (SSSR count). The molecule has 0 amide bonds. The Kier molecular flexibility index (Phi) is 17.5. The van der Waals surface area contributed by atoms with E-state index in [0.717, 1.165) is 55.3 Å². The average Bonchev–Trinajstić information content (AvgIpc) is 1.58. The van der Waals surface area contributed by atoms with Crippen molar-refractivity contribution in [2.75, 3.05) is 0 Å².